The van der Waals surface area contributed by atoms with Crippen molar-refractivity contribution in [3.8, 4) is 0 Å². The molecule has 3 rings (SSSR count). The van der Waals surface area contributed by atoms with Crippen molar-refractivity contribution in [2.45, 2.75) is 12.3 Å². The van der Waals surface area contributed by atoms with Crippen LogP contribution in [0.2, 0.25) is 0 Å². The van der Waals surface area contributed by atoms with E-state index in [9.17, 15) is 4.79 Å². The molecule has 0 radical (unpaired) electrons. The second-order valence-electron chi connectivity index (χ2n) is 5.38. The number of ketones is 1. The smallest absolute Gasteiger partial charge is 0.163 e. The van der Waals surface area contributed by atoms with Crippen molar-refractivity contribution in [2.75, 3.05) is 0 Å². The number of halogens is 1. The van der Waals surface area contributed by atoms with Gasteiger partial charge in [0, 0.05) is 34.8 Å². The van der Waals surface area contributed by atoms with Crippen LogP contribution in [-0.4, -0.2) is 10.8 Å². The van der Waals surface area contributed by atoms with Gasteiger partial charge in [0.05, 0.1) is 0 Å². The highest BCUT2D eigenvalue weighted by molar-refractivity contribution is 9.10. The van der Waals surface area contributed by atoms with Gasteiger partial charge in [0.25, 0.3) is 0 Å². The number of hydrogen-bond donors (Lipinski definition) is 0. The van der Waals surface area contributed by atoms with Crippen LogP contribution in [0.5, 0.6) is 0 Å². The summed E-state index contributed by atoms with van der Waals surface area (Å²) < 4.78 is 1.04. The van der Waals surface area contributed by atoms with Gasteiger partial charge in [0.1, 0.15) is 0 Å². The number of carbonyl (C=O) groups excluding carboxylic acids is 1. The van der Waals surface area contributed by atoms with Crippen LogP contribution in [0, 0.1) is 0 Å². The van der Waals surface area contributed by atoms with Gasteiger partial charge in [-0.25, -0.2) is 0 Å². The molecule has 0 N–H and O–H groups in total. The molecule has 0 aliphatic carbocycles. The summed E-state index contributed by atoms with van der Waals surface area (Å²) in [5, 5.41) is 0. The molecule has 0 aliphatic heterocycles. The van der Waals surface area contributed by atoms with Crippen LogP contribution < -0.4 is 0 Å². The minimum atomic E-state index is 0.0463. The molecule has 2 aromatic carbocycles. The van der Waals surface area contributed by atoms with Crippen molar-refractivity contribution in [3.05, 3.63) is 100 Å². The molecule has 1 unspecified atom stereocenters. The Hall–Kier alpha value is -2.26. The molecule has 23 heavy (non-hydrogen) atoms. The summed E-state index contributed by atoms with van der Waals surface area (Å²) in [6.07, 6.45) is 3.75. The standard InChI is InChI=1S/C20H16BrNO/c21-18-8-6-16(7-9-18)19(15-4-2-1-3-5-15)14-20(23)17-10-12-22-13-11-17/h1-13,19H,14H2. The summed E-state index contributed by atoms with van der Waals surface area (Å²) in [5.41, 5.74) is 3.00. The molecule has 114 valence electrons. The van der Waals surface area contributed by atoms with Gasteiger partial charge < -0.3 is 0 Å². The molecule has 2 nitrogen and oxygen atoms in total. The molecule has 1 heterocycles. The summed E-state index contributed by atoms with van der Waals surface area (Å²) in [6, 6.07) is 21.9. The SMILES string of the molecule is O=C(CC(c1ccccc1)c1ccc(Br)cc1)c1ccncc1. The van der Waals surface area contributed by atoms with Crippen molar-refractivity contribution in [2.24, 2.45) is 0 Å². The average molecular weight is 366 g/mol. The zero-order chi connectivity index (χ0) is 16.1. The maximum atomic E-state index is 12.6. The molecule has 1 aromatic heterocycles. The number of pyridine rings is 1. The molecular formula is C20H16BrNO. The number of Topliss-reactive ketones (excluding diaryl/α,β-unsaturated/α-hetero) is 1. The van der Waals surface area contributed by atoms with Crippen molar-refractivity contribution in [3.63, 3.8) is 0 Å². The minimum Gasteiger partial charge on any atom is -0.294 e. The topological polar surface area (TPSA) is 30.0 Å². The lowest BCUT2D eigenvalue weighted by molar-refractivity contribution is 0.0977. The normalized spacial score (nSPS) is 11.9. The van der Waals surface area contributed by atoms with Gasteiger partial charge in [0.15, 0.2) is 5.78 Å². The lowest BCUT2D eigenvalue weighted by atomic mass is 9.86. The van der Waals surface area contributed by atoms with E-state index in [2.05, 4.69) is 45.2 Å². The second kappa shape index (κ2) is 7.34. The fourth-order valence-electron chi connectivity index (χ4n) is 2.65. The third kappa shape index (κ3) is 3.93. The van der Waals surface area contributed by atoms with E-state index in [1.54, 1.807) is 24.5 Å². The Morgan fingerprint density at radius 2 is 1.48 bits per heavy atom. The molecule has 0 fully saturated rings. The Balaban J connectivity index is 1.93. The third-order valence-corrected chi connectivity index (χ3v) is 4.39. The van der Waals surface area contributed by atoms with Gasteiger partial charge in [-0.1, -0.05) is 58.4 Å². The first-order chi connectivity index (χ1) is 11.2. The molecule has 3 heteroatoms. The van der Waals surface area contributed by atoms with Crippen molar-refractivity contribution in [1.82, 2.24) is 4.98 Å². The van der Waals surface area contributed by atoms with Gasteiger partial charge in [0.2, 0.25) is 0 Å². The van der Waals surface area contributed by atoms with Gasteiger partial charge in [-0.2, -0.15) is 0 Å². The first-order valence-corrected chi connectivity index (χ1v) is 8.27. The Bertz CT molecular complexity index is 770. The molecule has 0 amide bonds. The van der Waals surface area contributed by atoms with E-state index in [0.29, 0.717) is 12.0 Å². The molecule has 0 aliphatic rings. The first kappa shape index (κ1) is 15.6. The highest BCUT2D eigenvalue weighted by atomic mass is 79.9. The highest BCUT2D eigenvalue weighted by Crippen LogP contribution is 2.30. The summed E-state index contributed by atoms with van der Waals surface area (Å²) in [4.78, 5) is 16.6. The zero-order valence-corrected chi connectivity index (χ0v) is 14.1. The van der Waals surface area contributed by atoms with E-state index in [4.69, 9.17) is 0 Å². The molecule has 3 aromatic rings. The van der Waals surface area contributed by atoms with Crippen LogP contribution in [0.1, 0.15) is 33.8 Å². The third-order valence-electron chi connectivity index (χ3n) is 3.87. The maximum Gasteiger partial charge on any atom is 0.163 e. The van der Waals surface area contributed by atoms with E-state index < -0.39 is 0 Å². The summed E-state index contributed by atoms with van der Waals surface area (Å²) >= 11 is 3.46. The van der Waals surface area contributed by atoms with Crippen LogP contribution in [-0.2, 0) is 0 Å². The van der Waals surface area contributed by atoms with Gasteiger partial charge in [-0.05, 0) is 35.4 Å². The molecule has 1 atom stereocenters. The van der Waals surface area contributed by atoms with Crippen LogP contribution in [0.3, 0.4) is 0 Å². The van der Waals surface area contributed by atoms with E-state index in [0.717, 1.165) is 15.6 Å². The van der Waals surface area contributed by atoms with E-state index in [1.807, 2.05) is 30.3 Å². The van der Waals surface area contributed by atoms with Crippen molar-refractivity contribution < 1.29 is 4.79 Å². The highest BCUT2D eigenvalue weighted by Gasteiger charge is 2.19. The van der Waals surface area contributed by atoms with Crippen molar-refractivity contribution >= 4 is 21.7 Å². The zero-order valence-electron chi connectivity index (χ0n) is 12.5. The minimum absolute atomic E-state index is 0.0463. The number of hydrogen-bond acceptors (Lipinski definition) is 2. The maximum absolute atomic E-state index is 12.6. The van der Waals surface area contributed by atoms with Crippen molar-refractivity contribution in [1.29, 1.82) is 0 Å². The largest absolute Gasteiger partial charge is 0.294 e. The Labute approximate surface area is 144 Å². The van der Waals surface area contributed by atoms with Crippen LogP contribution >= 0.6 is 15.9 Å². The fraction of sp³-hybridized carbons (Fsp3) is 0.100. The van der Waals surface area contributed by atoms with E-state index >= 15 is 0 Å². The monoisotopic (exact) mass is 365 g/mol. The van der Waals surface area contributed by atoms with Crippen LogP contribution in [0.4, 0.5) is 0 Å². The first-order valence-electron chi connectivity index (χ1n) is 7.47. The Morgan fingerprint density at radius 1 is 0.870 bits per heavy atom. The second-order valence-corrected chi connectivity index (χ2v) is 6.29. The molecule has 0 saturated heterocycles. The molecule has 0 spiro atoms. The summed E-state index contributed by atoms with van der Waals surface area (Å²) in [6.45, 7) is 0. The molecular weight excluding hydrogens is 350 g/mol. The molecule has 0 saturated carbocycles. The average Bonchev–Trinajstić information content (AvgIpc) is 2.62. The number of nitrogens with zero attached hydrogens (tertiary/aromatic N) is 1. The number of aromatic nitrogens is 1. The van der Waals surface area contributed by atoms with Gasteiger partial charge in [-0.3, -0.25) is 9.78 Å². The molecule has 0 bridgehead atoms. The Morgan fingerprint density at radius 3 is 2.13 bits per heavy atom. The predicted octanol–water partition coefficient (Wildman–Crippen LogP) is 5.25. The van der Waals surface area contributed by atoms with Gasteiger partial charge in [-0.15, -0.1) is 0 Å². The summed E-state index contributed by atoms with van der Waals surface area (Å²) in [5.74, 6) is 0.175. The van der Waals surface area contributed by atoms with Gasteiger partial charge >= 0.3 is 0 Å². The van der Waals surface area contributed by atoms with E-state index in [1.165, 1.54) is 0 Å². The lowest BCUT2D eigenvalue weighted by Gasteiger charge is -2.17. The summed E-state index contributed by atoms with van der Waals surface area (Å²) in [7, 11) is 0. The number of rotatable bonds is 5. The fourth-order valence-corrected chi connectivity index (χ4v) is 2.91. The Kier molecular flexibility index (Phi) is 4.99. The van der Waals surface area contributed by atoms with E-state index in [-0.39, 0.29) is 11.7 Å². The van der Waals surface area contributed by atoms with Crippen LogP contribution in [0.25, 0.3) is 0 Å². The lowest BCUT2D eigenvalue weighted by Crippen LogP contribution is -2.09. The number of carbonyl (C=O) groups is 1. The van der Waals surface area contributed by atoms with Crippen LogP contribution in [0.15, 0.2) is 83.6 Å². The quantitative estimate of drug-likeness (QED) is 0.578. The predicted molar refractivity (Wildman–Crippen MR) is 95.6 cm³/mol. The number of benzene rings is 2.